The van der Waals surface area contributed by atoms with Gasteiger partial charge in [0.25, 0.3) is 0 Å². The minimum Gasteiger partial charge on any atom is -0.378 e. The van der Waals surface area contributed by atoms with Gasteiger partial charge in [-0.1, -0.05) is 24.3 Å². The van der Waals surface area contributed by atoms with Crippen molar-refractivity contribution in [2.24, 2.45) is 5.73 Å². The van der Waals surface area contributed by atoms with Gasteiger partial charge in [0.15, 0.2) is 0 Å². The van der Waals surface area contributed by atoms with Crippen LogP contribution in [0.15, 0.2) is 24.3 Å². The lowest BCUT2D eigenvalue weighted by Gasteiger charge is -2.20. The molecule has 0 saturated heterocycles. The van der Waals surface area contributed by atoms with E-state index in [2.05, 4.69) is 24.3 Å². The second-order valence-corrected chi connectivity index (χ2v) is 5.48. The van der Waals surface area contributed by atoms with E-state index >= 15 is 0 Å². The molecule has 1 aromatic rings. The van der Waals surface area contributed by atoms with Crippen LogP contribution in [0, 0.1) is 0 Å². The summed E-state index contributed by atoms with van der Waals surface area (Å²) < 4.78 is 5.53. The van der Waals surface area contributed by atoms with Gasteiger partial charge in [0.2, 0.25) is 0 Å². The summed E-state index contributed by atoms with van der Waals surface area (Å²) in [6.07, 6.45) is 3.40. The molecule has 1 fully saturated rings. The molecular formula is C14H21NO. The van der Waals surface area contributed by atoms with Crippen LogP contribution in [0.25, 0.3) is 0 Å². The van der Waals surface area contributed by atoms with Crippen LogP contribution in [0.2, 0.25) is 0 Å². The lowest BCUT2D eigenvalue weighted by molar-refractivity contribution is 0.0807. The molecule has 0 bridgehead atoms. The number of hydrogen-bond donors (Lipinski definition) is 1. The Hall–Kier alpha value is -0.860. The molecule has 0 heterocycles. The molecule has 1 aliphatic rings. The molecular weight excluding hydrogens is 198 g/mol. The van der Waals surface area contributed by atoms with Crippen LogP contribution in [0.1, 0.15) is 37.8 Å². The Balaban J connectivity index is 2.08. The molecule has 1 aliphatic carbocycles. The van der Waals surface area contributed by atoms with Crippen molar-refractivity contribution in [1.82, 2.24) is 0 Å². The van der Waals surface area contributed by atoms with E-state index in [1.807, 2.05) is 21.0 Å². The van der Waals surface area contributed by atoms with Crippen LogP contribution >= 0.6 is 0 Å². The molecule has 0 unspecified atom stereocenters. The fraction of sp³-hybridized carbons (Fsp3) is 0.571. The molecule has 88 valence electrons. The Morgan fingerprint density at radius 3 is 2.19 bits per heavy atom. The number of methoxy groups -OCH3 is 1. The quantitative estimate of drug-likeness (QED) is 0.844. The standard InChI is InChI=1S/C14H21NO/c1-13(2,15)12-6-4-11(5-7-12)10-14(16-3)8-9-14/h4-7H,8-10,15H2,1-3H3. The van der Waals surface area contributed by atoms with Crippen molar-refractivity contribution in [1.29, 1.82) is 0 Å². The third kappa shape index (κ3) is 2.45. The summed E-state index contributed by atoms with van der Waals surface area (Å²) in [5.74, 6) is 0. The van der Waals surface area contributed by atoms with Gasteiger partial charge in [0, 0.05) is 19.1 Å². The van der Waals surface area contributed by atoms with Gasteiger partial charge in [-0.2, -0.15) is 0 Å². The molecule has 2 N–H and O–H groups in total. The van der Waals surface area contributed by atoms with Gasteiger partial charge in [0.05, 0.1) is 5.60 Å². The van der Waals surface area contributed by atoms with E-state index in [0.717, 1.165) is 6.42 Å². The summed E-state index contributed by atoms with van der Waals surface area (Å²) >= 11 is 0. The smallest absolute Gasteiger partial charge is 0.0721 e. The summed E-state index contributed by atoms with van der Waals surface area (Å²) in [5.41, 5.74) is 8.45. The number of nitrogens with two attached hydrogens (primary N) is 1. The summed E-state index contributed by atoms with van der Waals surface area (Å²) in [4.78, 5) is 0. The first-order valence-corrected chi connectivity index (χ1v) is 5.89. The molecule has 0 aliphatic heterocycles. The fourth-order valence-corrected chi connectivity index (χ4v) is 2.02. The predicted octanol–water partition coefficient (Wildman–Crippen LogP) is 2.60. The van der Waals surface area contributed by atoms with Crippen molar-refractivity contribution in [2.75, 3.05) is 7.11 Å². The minimum absolute atomic E-state index is 0.139. The van der Waals surface area contributed by atoms with Gasteiger partial charge < -0.3 is 10.5 Å². The van der Waals surface area contributed by atoms with Crippen LogP contribution in [-0.2, 0) is 16.7 Å². The average molecular weight is 219 g/mol. The molecule has 16 heavy (non-hydrogen) atoms. The summed E-state index contributed by atoms with van der Waals surface area (Å²) in [7, 11) is 1.81. The van der Waals surface area contributed by atoms with E-state index in [-0.39, 0.29) is 11.1 Å². The summed E-state index contributed by atoms with van der Waals surface area (Å²) in [6, 6.07) is 8.59. The van der Waals surface area contributed by atoms with E-state index in [4.69, 9.17) is 10.5 Å². The predicted molar refractivity (Wildman–Crippen MR) is 66.3 cm³/mol. The third-order valence-corrected chi connectivity index (χ3v) is 3.46. The number of ether oxygens (including phenoxy) is 1. The fourth-order valence-electron chi connectivity index (χ4n) is 2.02. The normalized spacial score (nSPS) is 18.5. The van der Waals surface area contributed by atoms with Gasteiger partial charge in [-0.05, 0) is 37.8 Å². The van der Waals surface area contributed by atoms with Crippen molar-refractivity contribution in [3.05, 3.63) is 35.4 Å². The molecule has 0 radical (unpaired) electrons. The van der Waals surface area contributed by atoms with Crippen molar-refractivity contribution < 1.29 is 4.74 Å². The van der Waals surface area contributed by atoms with Crippen LogP contribution in [0.3, 0.4) is 0 Å². The highest BCUT2D eigenvalue weighted by Gasteiger charge is 2.42. The van der Waals surface area contributed by atoms with Gasteiger partial charge in [0.1, 0.15) is 0 Å². The number of rotatable bonds is 4. The van der Waals surface area contributed by atoms with E-state index in [9.17, 15) is 0 Å². The van der Waals surface area contributed by atoms with Crippen molar-refractivity contribution in [3.63, 3.8) is 0 Å². The molecule has 2 rings (SSSR count). The molecule has 0 atom stereocenters. The van der Waals surface area contributed by atoms with E-state index in [1.54, 1.807) is 0 Å². The SMILES string of the molecule is COC1(Cc2ccc(C(C)(C)N)cc2)CC1. The maximum atomic E-state index is 6.05. The highest BCUT2D eigenvalue weighted by molar-refractivity contribution is 5.28. The highest BCUT2D eigenvalue weighted by atomic mass is 16.5. The van der Waals surface area contributed by atoms with E-state index in [1.165, 1.54) is 24.0 Å². The maximum Gasteiger partial charge on any atom is 0.0721 e. The Morgan fingerprint density at radius 1 is 1.25 bits per heavy atom. The Morgan fingerprint density at radius 2 is 1.81 bits per heavy atom. The second-order valence-electron chi connectivity index (χ2n) is 5.48. The van der Waals surface area contributed by atoms with Gasteiger partial charge >= 0.3 is 0 Å². The van der Waals surface area contributed by atoms with Crippen molar-refractivity contribution >= 4 is 0 Å². The second kappa shape index (κ2) is 3.86. The van der Waals surface area contributed by atoms with Gasteiger partial charge in [-0.15, -0.1) is 0 Å². The monoisotopic (exact) mass is 219 g/mol. The van der Waals surface area contributed by atoms with Gasteiger partial charge in [-0.3, -0.25) is 0 Å². The Labute approximate surface area is 97.8 Å². The Bertz CT molecular complexity index is 357. The van der Waals surface area contributed by atoms with Crippen LogP contribution in [0.4, 0.5) is 0 Å². The third-order valence-electron chi connectivity index (χ3n) is 3.46. The average Bonchev–Trinajstić information content (AvgIpc) is 2.98. The zero-order valence-corrected chi connectivity index (χ0v) is 10.4. The molecule has 1 aromatic carbocycles. The lowest BCUT2D eigenvalue weighted by Crippen LogP contribution is -2.28. The van der Waals surface area contributed by atoms with E-state index < -0.39 is 0 Å². The zero-order valence-electron chi connectivity index (χ0n) is 10.4. The minimum atomic E-state index is -0.253. The molecule has 2 heteroatoms. The maximum absolute atomic E-state index is 6.05. The summed E-state index contributed by atoms with van der Waals surface area (Å²) in [6.45, 7) is 4.05. The largest absolute Gasteiger partial charge is 0.378 e. The molecule has 1 saturated carbocycles. The topological polar surface area (TPSA) is 35.2 Å². The summed E-state index contributed by atoms with van der Waals surface area (Å²) in [5, 5.41) is 0. The van der Waals surface area contributed by atoms with Crippen LogP contribution < -0.4 is 5.73 Å². The first kappa shape index (κ1) is 11.6. The molecule has 0 amide bonds. The first-order chi connectivity index (χ1) is 7.45. The zero-order chi connectivity index (χ0) is 11.8. The van der Waals surface area contributed by atoms with Crippen LogP contribution in [-0.4, -0.2) is 12.7 Å². The van der Waals surface area contributed by atoms with Crippen molar-refractivity contribution in [2.45, 2.75) is 44.2 Å². The Kier molecular flexibility index (Phi) is 2.81. The first-order valence-electron chi connectivity index (χ1n) is 5.89. The number of hydrogen-bond acceptors (Lipinski definition) is 2. The van der Waals surface area contributed by atoms with E-state index in [0.29, 0.717) is 0 Å². The molecule has 0 aromatic heterocycles. The molecule has 0 spiro atoms. The van der Waals surface area contributed by atoms with Crippen molar-refractivity contribution in [3.8, 4) is 0 Å². The lowest BCUT2D eigenvalue weighted by atomic mass is 9.94. The highest BCUT2D eigenvalue weighted by Crippen LogP contribution is 2.41. The molecule has 2 nitrogen and oxygen atoms in total. The number of benzene rings is 1. The van der Waals surface area contributed by atoms with Gasteiger partial charge in [-0.25, -0.2) is 0 Å². The van der Waals surface area contributed by atoms with Crippen LogP contribution in [0.5, 0.6) is 0 Å².